The Bertz CT molecular complexity index is 971. The maximum absolute atomic E-state index is 15.1. The average molecular weight is 339 g/mol. The van der Waals surface area contributed by atoms with Gasteiger partial charge in [-0.2, -0.15) is 0 Å². The van der Waals surface area contributed by atoms with Crippen molar-refractivity contribution in [3.05, 3.63) is 42.0 Å². The van der Waals surface area contributed by atoms with Crippen molar-refractivity contribution in [2.24, 2.45) is 0 Å². The van der Waals surface area contributed by atoms with E-state index < -0.39 is 5.82 Å². The predicted molar refractivity (Wildman–Crippen MR) is 94.4 cm³/mol. The molecule has 0 bridgehead atoms. The maximum atomic E-state index is 15.1. The molecular formula is C19H18FN3O2. The molecule has 128 valence electrons. The molecule has 0 unspecified atom stereocenters. The van der Waals surface area contributed by atoms with Crippen molar-refractivity contribution in [1.82, 2.24) is 9.97 Å². The molecule has 2 heterocycles. The Balaban J connectivity index is 1.99. The molecule has 1 aliphatic carbocycles. The molecule has 5 nitrogen and oxygen atoms in total. The van der Waals surface area contributed by atoms with Gasteiger partial charge in [-0.25, -0.2) is 9.37 Å². The standard InChI is InChI=1S/C19H18FN3O2/c1-24-14-7-15(25-2)19(20)18(17(14)10-3-4-10)13-5-11-9-23-16(21)6-12(11)8-22-13/h5-10H,3-4H2,1-2H3,(H2,21,23). The summed E-state index contributed by atoms with van der Waals surface area (Å²) in [7, 11) is 3.03. The number of rotatable bonds is 4. The van der Waals surface area contributed by atoms with Gasteiger partial charge in [0, 0.05) is 40.4 Å². The van der Waals surface area contributed by atoms with Gasteiger partial charge in [-0.15, -0.1) is 0 Å². The van der Waals surface area contributed by atoms with Gasteiger partial charge in [0.15, 0.2) is 11.6 Å². The zero-order valence-corrected chi connectivity index (χ0v) is 14.0. The largest absolute Gasteiger partial charge is 0.496 e. The molecule has 2 aromatic heterocycles. The first kappa shape index (κ1) is 15.6. The van der Waals surface area contributed by atoms with Gasteiger partial charge in [-0.3, -0.25) is 4.98 Å². The van der Waals surface area contributed by atoms with Gasteiger partial charge < -0.3 is 15.2 Å². The zero-order valence-electron chi connectivity index (χ0n) is 14.0. The summed E-state index contributed by atoms with van der Waals surface area (Å²) in [5, 5.41) is 1.71. The number of ether oxygens (including phenoxy) is 2. The molecule has 1 aliphatic rings. The minimum Gasteiger partial charge on any atom is -0.496 e. The molecule has 25 heavy (non-hydrogen) atoms. The van der Waals surface area contributed by atoms with Gasteiger partial charge in [-0.1, -0.05) is 0 Å². The Kier molecular flexibility index (Phi) is 3.67. The summed E-state index contributed by atoms with van der Waals surface area (Å²) >= 11 is 0. The monoisotopic (exact) mass is 339 g/mol. The molecular weight excluding hydrogens is 321 g/mol. The highest BCUT2D eigenvalue weighted by Gasteiger charge is 2.33. The highest BCUT2D eigenvalue weighted by molar-refractivity contribution is 5.87. The Morgan fingerprint density at radius 1 is 1.00 bits per heavy atom. The van der Waals surface area contributed by atoms with E-state index in [4.69, 9.17) is 15.2 Å². The Morgan fingerprint density at radius 2 is 1.68 bits per heavy atom. The van der Waals surface area contributed by atoms with Crippen LogP contribution in [0.5, 0.6) is 11.5 Å². The topological polar surface area (TPSA) is 70.3 Å². The van der Waals surface area contributed by atoms with Gasteiger partial charge in [0.2, 0.25) is 0 Å². The molecule has 3 aromatic rings. The van der Waals surface area contributed by atoms with E-state index >= 15 is 4.39 Å². The van der Waals surface area contributed by atoms with Crippen LogP contribution in [0.15, 0.2) is 30.6 Å². The molecule has 0 spiro atoms. The third kappa shape index (κ3) is 2.63. The van der Waals surface area contributed by atoms with E-state index in [1.54, 1.807) is 31.6 Å². The van der Waals surface area contributed by atoms with Gasteiger partial charge in [0.25, 0.3) is 0 Å². The number of halogens is 1. The van der Waals surface area contributed by atoms with E-state index in [0.29, 0.717) is 22.8 Å². The third-order valence-electron chi connectivity index (χ3n) is 4.54. The number of nitrogens with zero attached hydrogens (tertiary/aromatic N) is 2. The lowest BCUT2D eigenvalue weighted by Crippen LogP contribution is -2.02. The van der Waals surface area contributed by atoms with Crippen LogP contribution in [0, 0.1) is 5.82 Å². The number of nitrogen functional groups attached to an aromatic ring is 1. The highest BCUT2D eigenvalue weighted by atomic mass is 19.1. The summed E-state index contributed by atoms with van der Waals surface area (Å²) in [5.74, 6) is 1.07. The summed E-state index contributed by atoms with van der Waals surface area (Å²) in [6.07, 6.45) is 5.38. The quantitative estimate of drug-likeness (QED) is 0.780. The number of aromatic nitrogens is 2. The van der Waals surface area contributed by atoms with Crippen LogP contribution in [0.4, 0.5) is 10.2 Å². The van der Waals surface area contributed by atoms with Crippen molar-refractivity contribution in [2.45, 2.75) is 18.8 Å². The molecule has 0 amide bonds. The number of hydrogen-bond donors (Lipinski definition) is 1. The number of hydrogen-bond acceptors (Lipinski definition) is 5. The first-order chi connectivity index (χ1) is 12.1. The number of benzene rings is 1. The third-order valence-corrected chi connectivity index (χ3v) is 4.54. The van der Waals surface area contributed by atoms with E-state index in [-0.39, 0.29) is 11.7 Å². The lowest BCUT2D eigenvalue weighted by molar-refractivity contribution is 0.372. The van der Waals surface area contributed by atoms with Crippen LogP contribution in [-0.4, -0.2) is 24.2 Å². The molecule has 1 saturated carbocycles. The lowest BCUT2D eigenvalue weighted by Gasteiger charge is -2.17. The second-order valence-electron chi connectivity index (χ2n) is 6.18. The van der Waals surface area contributed by atoms with Gasteiger partial charge >= 0.3 is 0 Å². The molecule has 0 atom stereocenters. The van der Waals surface area contributed by atoms with E-state index in [9.17, 15) is 0 Å². The van der Waals surface area contributed by atoms with Crippen LogP contribution >= 0.6 is 0 Å². The van der Waals surface area contributed by atoms with Gasteiger partial charge in [-0.05, 0) is 30.9 Å². The maximum Gasteiger partial charge on any atom is 0.174 e. The Hall–Kier alpha value is -2.89. The van der Waals surface area contributed by atoms with Crippen molar-refractivity contribution in [1.29, 1.82) is 0 Å². The minimum atomic E-state index is -0.416. The number of anilines is 1. The summed E-state index contributed by atoms with van der Waals surface area (Å²) in [5.41, 5.74) is 7.55. The predicted octanol–water partition coefficient (Wildman–Crippen LogP) is 3.91. The molecule has 4 rings (SSSR count). The fourth-order valence-electron chi connectivity index (χ4n) is 3.16. The second kappa shape index (κ2) is 5.88. The molecule has 0 aliphatic heterocycles. The highest BCUT2D eigenvalue weighted by Crippen LogP contribution is 2.51. The van der Waals surface area contributed by atoms with Gasteiger partial charge in [0.05, 0.1) is 19.9 Å². The number of nitrogens with two attached hydrogens (primary N) is 1. The molecule has 0 saturated heterocycles. The number of pyridine rings is 2. The van der Waals surface area contributed by atoms with Crippen molar-refractivity contribution in [2.75, 3.05) is 20.0 Å². The van der Waals surface area contributed by atoms with Crippen molar-refractivity contribution >= 4 is 16.6 Å². The molecule has 1 aromatic carbocycles. The average Bonchev–Trinajstić information content (AvgIpc) is 3.45. The lowest BCUT2D eigenvalue weighted by atomic mass is 9.96. The van der Waals surface area contributed by atoms with Crippen LogP contribution in [0.2, 0.25) is 0 Å². The van der Waals surface area contributed by atoms with E-state index in [1.165, 1.54) is 7.11 Å². The number of fused-ring (bicyclic) bond motifs is 1. The summed E-state index contributed by atoms with van der Waals surface area (Å²) in [6.45, 7) is 0. The van der Waals surface area contributed by atoms with Crippen LogP contribution in [-0.2, 0) is 0 Å². The van der Waals surface area contributed by atoms with Gasteiger partial charge in [0.1, 0.15) is 11.6 Å². The van der Waals surface area contributed by atoms with E-state index in [2.05, 4.69) is 9.97 Å². The fraction of sp³-hybridized carbons (Fsp3) is 0.263. The second-order valence-corrected chi connectivity index (χ2v) is 6.18. The molecule has 2 N–H and O–H groups in total. The first-order valence-electron chi connectivity index (χ1n) is 8.08. The zero-order chi connectivity index (χ0) is 17.6. The fourth-order valence-corrected chi connectivity index (χ4v) is 3.16. The summed E-state index contributed by atoms with van der Waals surface area (Å²) in [4.78, 5) is 8.58. The summed E-state index contributed by atoms with van der Waals surface area (Å²) < 4.78 is 25.8. The van der Waals surface area contributed by atoms with Crippen LogP contribution in [0.1, 0.15) is 24.3 Å². The molecule has 6 heteroatoms. The van der Waals surface area contributed by atoms with E-state index in [1.807, 2.05) is 6.07 Å². The Morgan fingerprint density at radius 3 is 2.36 bits per heavy atom. The normalized spacial score (nSPS) is 13.9. The van der Waals surface area contributed by atoms with Crippen molar-refractivity contribution in [3.63, 3.8) is 0 Å². The Labute approximate surface area is 144 Å². The van der Waals surface area contributed by atoms with Crippen molar-refractivity contribution < 1.29 is 13.9 Å². The SMILES string of the molecule is COc1cc(OC)c(C2CC2)c(-c2cc3cnc(N)cc3cn2)c1F. The van der Waals surface area contributed by atoms with Crippen LogP contribution in [0.25, 0.3) is 22.0 Å². The smallest absolute Gasteiger partial charge is 0.174 e. The first-order valence-corrected chi connectivity index (χ1v) is 8.08. The molecule has 1 fully saturated rings. The van der Waals surface area contributed by atoms with E-state index in [0.717, 1.165) is 29.2 Å². The van der Waals surface area contributed by atoms with Crippen LogP contribution in [0.3, 0.4) is 0 Å². The molecule has 0 radical (unpaired) electrons. The summed E-state index contributed by atoms with van der Waals surface area (Å²) in [6, 6.07) is 5.18. The van der Waals surface area contributed by atoms with Crippen LogP contribution < -0.4 is 15.2 Å². The number of methoxy groups -OCH3 is 2. The minimum absolute atomic E-state index is 0.147. The van der Waals surface area contributed by atoms with Crippen molar-refractivity contribution in [3.8, 4) is 22.8 Å².